The van der Waals surface area contributed by atoms with Crippen LogP contribution in [0.1, 0.15) is 44.0 Å². The molecule has 94 valence electrons. The number of nitrogens with two attached hydrogens (primary N) is 1. The van der Waals surface area contributed by atoms with E-state index < -0.39 is 0 Å². The van der Waals surface area contributed by atoms with Gasteiger partial charge < -0.3 is 15.0 Å². The van der Waals surface area contributed by atoms with E-state index in [-0.39, 0.29) is 6.04 Å². The van der Waals surface area contributed by atoms with Crippen molar-refractivity contribution in [2.24, 2.45) is 17.6 Å². The number of ether oxygens (including phenoxy) is 1. The van der Waals surface area contributed by atoms with Crippen LogP contribution in [0.5, 0.6) is 0 Å². The molecule has 3 rings (SSSR count). The van der Waals surface area contributed by atoms with Crippen LogP contribution < -0.4 is 5.73 Å². The number of rotatable bonds is 4. The molecule has 4 atom stereocenters. The summed E-state index contributed by atoms with van der Waals surface area (Å²) in [5, 5.41) is 0. The largest absolute Gasteiger partial charge is 0.381 e. The zero-order valence-electron chi connectivity index (χ0n) is 10.4. The van der Waals surface area contributed by atoms with Crippen LogP contribution in [0.2, 0.25) is 0 Å². The molecule has 1 aromatic rings. The quantitative estimate of drug-likeness (QED) is 0.867. The van der Waals surface area contributed by atoms with E-state index in [9.17, 15) is 0 Å². The maximum atomic E-state index is 6.36. The molecule has 1 saturated carbocycles. The van der Waals surface area contributed by atoms with Gasteiger partial charge in [0.05, 0.1) is 24.7 Å². The SMILES string of the molecule is CCC1CC1n1cncc1C(N)C1CCOC1. The molecule has 1 aliphatic carbocycles. The fourth-order valence-corrected chi connectivity index (χ4v) is 2.94. The summed E-state index contributed by atoms with van der Waals surface area (Å²) in [6.07, 6.45) is 7.51. The van der Waals surface area contributed by atoms with Gasteiger partial charge >= 0.3 is 0 Å². The Hall–Kier alpha value is -0.870. The molecule has 0 amide bonds. The molecule has 17 heavy (non-hydrogen) atoms. The molecule has 0 radical (unpaired) electrons. The lowest BCUT2D eigenvalue weighted by Crippen LogP contribution is -2.24. The predicted molar refractivity (Wildman–Crippen MR) is 65.5 cm³/mol. The normalized spacial score (nSPS) is 33.9. The van der Waals surface area contributed by atoms with Crippen LogP contribution in [0.3, 0.4) is 0 Å². The average molecular weight is 235 g/mol. The van der Waals surface area contributed by atoms with E-state index in [4.69, 9.17) is 10.5 Å². The lowest BCUT2D eigenvalue weighted by molar-refractivity contribution is 0.180. The summed E-state index contributed by atoms with van der Waals surface area (Å²) in [5.41, 5.74) is 7.55. The molecule has 2 heterocycles. The Bertz CT molecular complexity index is 384. The van der Waals surface area contributed by atoms with Crippen molar-refractivity contribution in [2.45, 2.75) is 38.3 Å². The smallest absolute Gasteiger partial charge is 0.0951 e. The average Bonchev–Trinajstić information content (AvgIpc) is 2.82. The van der Waals surface area contributed by atoms with Crippen LogP contribution in [0.25, 0.3) is 0 Å². The highest BCUT2D eigenvalue weighted by Gasteiger charge is 2.39. The Morgan fingerprint density at radius 2 is 2.53 bits per heavy atom. The highest BCUT2D eigenvalue weighted by Crippen LogP contribution is 2.46. The zero-order valence-corrected chi connectivity index (χ0v) is 10.4. The number of imidazole rings is 1. The first kappa shape index (κ1) is 11.2. The molecule has 4 nitrogen and oxygen atoms in total. The number of nitrogens with zero attached hydrogens (tertiary/aromatic N) is 2. The minimum Gasteiger partial charge on any atom is -0.381 e. The van der Waals surface area contributed by atoms with Gasteiger partial charge in [0.1, 0.15) is 0 Å². The summed E-state index contributed by atoms with van der Waals surface area (Å²) < 4.78 is 7.73. The Kier molecular flexibility index (Phi) is 2.92. The van der Waals surface area contributed by atoms with Gasteiger partial charge in [-0.05, 0) is 18.8 Å². The van der Waals surface area contributed by atoms with Gasteiger partial charge in [-0.1, -0.05) is 13.3 Å². The van der Waals surface area contributed by atoms with Gasteiger partial charge in [-0.3, -0.25) is 0 Å². The monoisotopic (exact) mass is 235 g/mol. The topological polar surface area (TPSA) is 53.1 Å². The number of hydrogen-bond donors (Lipinski definition) is 1. The van der Waals surface area contributed by atoms with Crippen LogP contribution in [0.4, 0.5) is 0 Å². The van der Waals surface area contributed by atoms with Gasteiger partial charge in [0.2, 0.25) is 0 Å². The van der Waals surface area contributed by atoms with Crippen molar-refractivity contribution in [3.05, 3.63) is 18.2 Å². The lowest BCUT2D eigenvalue weighted by atomic mass is 9.97. The standard InChI is InChI=1S/C13H21N3O/c1-2-9-5-11(9)16-8-15-6-12(16)13(14)10-3-4-17-7-10/h6,8-11,13H,2-5,7,14H2,1H3. The molecule has 2 N–H and O–H groups in total. The van der Waals surface area contributed by atoms with E-state index >= 15 is 0 Å². The first-order chi connectivity index (χ1) is 8.31. The lowest BCUT2D eigenvalue weighted by Gasteiger charge is -2.19. The van der Waals surface area contributed by atoms with Crippen LogP contribution in [-0.4, -0.2) is 22.8 Å². The van der Waals surface area contributed by atoms with Crippen LogP contribution in [0, 0.1) is 11.8 Å². The predicted octanol–water partition coefficient (Wildman–Crippen LogP) is 1.89. The summed E-state index contributed by atoms with van der Waals surface area (Å²) >= 11 is 0. The maximum Gasteiger partial charge on any atom is 0.0951 e. The second kappa shape index (κ2) is 4.42. The van der Waals surface area contributed by atoms with E-state index in [1.165, 1.54) is 18.5 Å². The molecule has 4 heteroatoms. The summed E-state index contributed by atoms with van der Waals surface area (Å²) in [4.78, 5) is 4.29. The van der Waals surface area contributed by atoms with E-state index in [1.54, 1.807) is 0 Å². The fourth-order valence-electron chi connectivity index (χ4n) is 2.94. The summed E-state index contributed by atoms with van der Waals surface area (Å²) in [6.45, 7) is 3.91. The zero-order chi connectivity index (χ0) is 11.8. The fraction of sp³-hybridized carbons (Fsp3) is 0.769. The van der Waals surface area contributed by atoms with Crippen molar-refractivity contribution in [1.82, 2.24) is 9.55 Å². The van der Waals surface area contributed by atoms with Gasteiger partial charge in [0.15, 0.2) is 0 Å². The molecule has 1 aromatic heterocycles. The second-order valence-electron chi connectivity index (χ2n) is 5.35. The van der Waals surface area contributed by atoms with Crippen LogP contribution in [-0.2, 0) is 4.74 Å². The van der Waals surface area contributed by atoms with Gasteiger partial charge in [0, 0.05) is 24.8 Å². The minimum atomic E-state index is 0.0816. The van der Waals surface area contributed by atoms with Crippen molar-refractivity contribution in [2.75, 3.05) is 13.2 Å². The van der Waals surface area contributed by atoms with Crippen LogP contribution >= 0.6 is 0 Å². The van der Waals surface area contributed by atoms with E-state index in [2.05, 4.69) is 16.5 Å². The Balaban J connectivity index is 1.76. The third-order valence-electron chi connectivity index (χ3n) is 4.28. The highest BCUT2D eigenvalue weighted by molar-refractivity contribution is 5.11. The van der Waals surface area contributed by atoms with Gasteiger partial charge in [-0.25, -0.2) is 4.98 Å². The molecular weight excluding hydrogens is 214 g/mol. The molecule has 4 unspecified atom stereocenters. The van der Waals surface area contributed by atoms with Gasteiger partial charge in [-0.15, -0.1) is 0 Å². The minimum absolute atomic E-state index is 0.0816. The van der Waals surface area contributed by atoms with Crippen molar-refractivity contribution < 1.29 is 4.74 Å². The molecule has 0 aromatic carbocycles. The first-order valence-corrected chi connectivity index (χ1v) is 6.66. The summed E-state index contributed by atoms with van der Waals surface area (Å²) in [6, 6.07) is 0.726. The van der Waals surface area contributed by atoms with E-state index in [0.29, 0.717) is 12.0 Å². The molecule has 2 fully saturated rings. The van der Waals surface area contributed by atoms with E-state index in [1.807, 2.05) is 12.5 Å². The number of hydrogen-bond acceptors (Lipinski definition) is 3. The molecular formula is C13H21N3O. The second-order valence-corrected chi connectivity index (χ2v) is 5.35. The summed E-state index contributed by atoms with van der Waals surface area (Å²) in [7, 11) is 0. The third-order valence-corrected chi connectivity index (χ3v) is 4.28. The Labute approximate surface area is 102 Å². The highest BCUT2D eigenvalue weighted by atomic mass is 16.5. The van der Waals surface area contributed by atoms with Crippen molar-refractivity contribution >= 4 is 0 Å². The maximum absolute atomic E-state index is 6.36. The molecule has 1 aliphatic heterocycles. The molecule has 1 saturated heterocycles. The molecule has 0 bridgehead atoms. The van der Waals surface area contributed by atoms with Gasteiger partial charge in [-0.2, -0.15) is 0 Å². The van der Waals surface area contributed by atoms with Crippen molar-refractivity contribution in [1.29, 1.82) is 0 Å². The Morgan fingerprint density at radius 3 is 3.18 bits per heavy atom. The third kappa shape index (κ3) is 2.00. The first-order valence-electron chi connectivity index (χ1n) is 6.66. The summed E-state index contributed by atoms with van der Waals surface area (Å²) in [5.74, 6) is 1.29. The molecule has 0 spiro atoms. The van der Waals surface area contributed by atoms with E-state index in [0.717, 1.165) is 25.6 Å². The van der Waals surface area contributed by atoms with Gasteiger partial charge in [0.25, 0.3) is 0 Å². The number of aromatic nitrogens is 2. The van der Waals surface area contributed by atoms with Crippen molar-refractivity contribution in [3.63, 3.8) is 0 Å². The molecule has 2 aliphatic rings. The van der Waals surface area contributed by atoms with Crippen LogP contribution in [0.15, 0.2) is 12.5 Å². The Morgan fingerprint density at radius 1 is 1.65 bits per heavy atom. The van der Waals surface area contributed by atoms with Crippen molar-refractivity contribution in [3.8, 4) is 0 Å².